The van der Waals surface area contributed by atoms with Crippen molar-refractivity contribution < 1.29 is 14.6 Å². The Hall–Kier alpha value is -1.59. The fraction of sp³-hybridized carbons (Fsp3) is 0.588. The SMILES string of the molecule is CCCCOc1ccc(C(=O)NCCN(CC)CCO)cc1. The minimum absolute atomic E-state index is 0.0832. The first kappa shape index (κ1) is 18.5. The van der Waals surface area contributed by atoms with E-state index < -0.39 is 0 Å². The molecule has 0 aromatic heterocycles. The third-order valence-corrected chi connectivity index (χ3v) is 3.46. The second-order valence-corrected chi connectivity index (χ2v) is 5.14. The van der Waals surface area contributed by atoms with Gasteiger partial charge in [0.1, 0.15) is 5.75 Å². The maximum Gasteiger partial charge on any atom is 0.251 e. The molecule has 0 bridgehead atoms. The quantitative estimate of drug-likeness (QED) is 0.613. The first-order chi connectivity index (χ1) is 10.7. The van der Waals surface area contributed by atoms with Crippen molar-refractivity contribution in [1.82, 2.24) is 10.2 Å². The summed E-state index contributed by atoms with van der Waals surface area (Å²) < 4.78 is 5.57. The number of amides is 1. The van der Waals surface area contributed by atoms with Crippen molar-refractivity contribution in [3.05, 3.63) is 29.8 Å². The van der Waals surface area contributed by atoms with Crippen LogP contribution in [0.2, 0.25) is 0 Å². The molecule has 0 spiro atoms. The van der Waals surface area contributed by atoms with Gasteiger partial charge in [-0.05, 0) is 37.2 Å². The first-order valence-electron chi connectivity index (χ1n) is 8.05. The van der Waals surface area contributed by atoms with Gasteiger partial charge in [-0.25, -0.2) is 0 Å². The van der Waals surface area contributed by atoms with Crippen molar-refractivity contribution in [2.24, 2.45) is 0 Å². The van der Waals surface area contributed by atoms with Crippen molar-refractivity contribution >= 4 is 5.91 Å². The Morgan fingerprint density at radius 1 is 1.23 bits per heavy atom. The summed E-state index contributed by atoms with van der Waals surface area (Å²) in [6, 6.07) is 7.22. The highest BCUT2D eigenvalue weighted by molar-refractivity contribution is 5.94. The number of ether oxygens (including phenoxy) is 1. The number of aliphatic hydroxyl groups is 1. The summed E-state index contributed by atoms with van der Waals surface area (Å²) in [6.45, 7) is 7.81. The highest BCUT2D eigenvalue weighted by atomic mass is 16.5. The first-order valence-corrected chi connectivity index (χ1v) is 8.05. The Kier molecular flexibility index (Phi) is 9.26. The van der Waals surface area contributed by atoms with E-state index in [0.717, 1.165) is 31.7 Å². The molecule has 1 amide bonds. The second kappa shape index (κ2) is 11.0. The van der Waals surface area contributed by atoms with Gasteiger partial charge in [0.2, 0.25) is 0 Å². The molecule has 1 aromatic rings. The fourth-order valence-corrected chi connectivity index (χ4v) is 2.04. The van der Waals surface area contributed by atoms with E-state index in [9.17, 15) is 4.79 Å². The lowest BCUT2D eigenvalue weighted by Gasteiger charge is -2.19. The third-order valence-electron chi connectivity index (χ3n) is 3.46. The van der Waals surface area contributed by atoms with Gasteiger partial charge in [0, 0.05) is 25.2 Å². The molecular formula is C17H28N2O3. The van der Waals surface area contributed by atoms with E-state index in [1.165, 1.54) is 0 Å². The second-order valence-electron chi connectivity index (χ2n) is 5.14. The van der Waals surface area contributed by atoms with Crippen molar-refractivity contribution in [3.8, 4) is 5.75 Å². The molecule has 0 saturated carbocycles. The van der Waals surface area contributed by atoms with E-state index in [1.807, 2.05) is 19.1 Å². The van der Waals surface area contributed by atoms with Crippen LogP contribution in [0.1, 0.15) is 37.0 Å². The Morgan fingerprint density at radius 2 is 1.95 bits per heavy atom. The van der Waals surface area contributed by atoms with E-state index >= 15 is 0 Å². The predicted molar refractivity (Wildman–Crippen MR) is 88.4 cm³/mol. The molecule has 0 unspecified atom stereocenters. The van der Waals surface area contributed by atoms with Gasteiger partial charge in [-0.2, -0.15) is 0 Å². The van der Waals surface area contributed by atoms with Crippen LogP contribution in [0.5, 0.6) is 5.75 Å². The van der Waals surface area contributed by atoms with Gasteiger partial charge in [0.05, 0.1) is 13.2 Å². The summed E-state index contributed by atoms with van der Waals surface area (Å²) in [5, 5.41) is 11.8. The lowest BCUT2D eigenvalue weighted by atomic mass is 10.2. The summed E-state index contributed by atoms with van der Waals surface area (Å²) in [6.07, 6.45) is 2.13. The average Bonchev–Trinajstić information content (AvgIpc) is 2.54. The Labute approximate surface area is 133 Å². The number of carbonyl (C=O) groups is 1. The number of benzene rings is 1. The molecule has 5 nitrogen and oxygen atoms in total. The van der Waals surface area contributed by atoms with Crippen molar-refractivity contribution in [2.75, 3.05) is 39.4 Å². The number of nitrogens with one attached hydrogen (secondary N) is 1. The maximum atomic E-state index is 12.0. The largest absolute Gasteiger partial charge is 0.494 e. The molecule has 0 aliphatic carbocycles. The number of likely N-dealkylation sites (N-methyl/N-ethyl adjacent to an activating group) is 1. The minimum atomic E-state index is -0.0832. The molecule has 1 aromatic carbocycles. The fourth-order valence-electron chi connectivity index (χ4n) is 2.04. The van der Waals surface area contributed by atoms with Crippen LogP contribution < -0.4 is 10.1 Å². The van der Waals surface area contributed by atoms with Gasteiger partial charge in [-0.1, -0.05) is 20.3 Å². The molecule has 0 aliphatic heterocycles. The van der Waals surface area contributed by atoms with Crippen LogP contribution in [0.3, 0.4) is 0 Å². The smallest absolute Gasteiger partial charge is 0.251 e. The van der Waals surface area contributed by atoms with Crippen LogP contribution in [-0.4, -0.2) is 55.3 Å². The highest BCUT2D eigenvalue weighted by Crippen LogP contribution is 2.12. The van der Waals surface area contributed by atoms with Crippen molar-refractivity contribution in [2.45, 2.75) is 26.7 Å². The molecule has 0 atom stereocenters. The number of rotatable bonds is 11. The number of nitrogens with zero attached hydrogens (tertiary/aromatic N) is 1. The van der Waals surface area contributed by atoms with Gasteiger partial charge < -0.3 is 15.2 Å². The van der Waals surface area contributed by atoms with E-state index in [2.05, 4.69) is 17.1 Å². The number of carbonyl (C=O) groups excluding carboxylic acids is 1. The topological polar surface area (TPSA) is 61.8 Å². The van der Waals surface area contributed by atoms with Gasteiger partial charge in [-0.3, -0.25) is 9.69 Å². The van der Waals surface area contributed by atoms with Gasteiger partial charge >= 0.3 is 0 Å². The van der Waals surface area contributed by atoms with Crippen LogP contribution in [-0.2, 0) is 0 Å². The lowest BCUT2D eigenvalue weighted by Crippen LogP contribution is -2.36. The molecule has 124 valence electrons. The number of hydrogen-bond acceptors (Lipinski definition) is 4. The zero-order valence-corrected chi connectivity index (χ0v) is 13.7. The van der Waals surface area contributed by atoms with E-state index in [1.54, 1.807) is 12.1 Å². The number of hydrogen-bond donors (Lipinski definition) is 2. The Bertz CT molecular complexity index is 420. The van der Waals surface area contributed by atoms with E-state index in [4.69, 9.17) is 9.84 Å². The third kappa shape index (κ3) is 6.91. The number of unbranched alkanes of at least 4 members (excludes halogenated alkanes) is 1. The summed E-state index contributed by atoms with van der Waals surface area (Å²) in [7, 11) is 0. The van der Waals surface area contributed by atoms with Crippen LogP contribution in [0, 0.1) is 0 Å². The zero-order valence-electron chi connectivity index (χ0n) is 13.7. The van der Waals surface area contributed by atoms with Crippen LogP contribution in [0.15, 0.2) is 24.3 Å². The molecule has 1 rings (SSSR count). The lowest BCUT2D eigenvalue weighted by molar-refractivity contribution is 0.0947. The molecule has 22 heavy (non-hydrogen) atoms. The predicted octanol–water partition coefficient (Wildman–Crippen LogP) is 1.91. The zero-order chi connectivity index (χ0) is 16.2. The molecule has 0 saturated heterocycles. The monoisotopic (exact) mass is 308 g/mol. The summed E-state index contributed by atoms with van der Waals surface area (Å²) in [4.78, 5) is 14.1. The van der Waals surface area contributed by atoms with Crippen LogP contribution >= 0.6 is 0 Å². The normalized spacial score (nSPS) is 10.7. The molecule has 0 fully saturated rings. The van der Waals surface area contributed by atoms with Crippen LogP contribution in [0.4, 0.5) is 0 Å². The summed E-state index contributed by atoms with van der Waals surface area (Å²) >= 11 is 0. The van der Waals surface area contributed by atoms with Crippen molar-refractivity contribution in [1.29, 1.82) is 0 Å². The standard InChI is InChI=1S/C17H28N2O3/c1-3-5-14-22-16-8-6-15(7-9-16)17(21)18-10-11-19(4-2)12-13-20/h6-9,20H,3-5,10-14H2,1-2H3,(H,18,21). The van der Waals surface area contributed by atoms with Gasteiger partial charge in [-0.15, -0.1) is 0 Å². The van der Waals surface area contributed by atoms with Crippen molar-refractivity contribution in [3.63, 3.8) is 0 Å². The number of aliphatic hydroxyl groups excluding tert-OH is 1. The van der Waals surface area contributed by atoms with Gasteiger partial charge in [0.25, 0.3) is 5.91 Å². The van der Waals surface area contributed by atoms with E-state index in [0.29, 0.717) is 25.3 Å². The summed E-state index contributed by atoms with van der Waals surface area (Å²) in [5.41, 5.74) is 0.632. The Morgan fingerprint density at radius 3 is 2.55 bits per heavy atom. The Balaban J connectivity index is 2.35. The summed E-state index contributed by atoms with van der Waals surface area (Å²) in [5.74, 6) is 0.713. The molecule has 0 radical (unpaired) electrons. The average molecular weight is 308 g/mol. The van der Waals surface area contributed by atoms with Crippen LogP contribution in [0.25, 0.3) is 0 Å². The molecule has 0 heterocycles. The van der Waals surface area contributed by atoms with Gasteiger partial charge in [0.15, 0.2) is 0 Å². The highest BCUT2D eigenvalue weighted by Gasteiger charge is 2.06. The molecule has 5 heteroatoms. The maximum absolute atomic E-state index is 12.0. The molecular weight excluding hydrogens is 280 g/mol. The molecule has 0 aliphatic rings. The minimum Gasteiger partial charge on any atom is -0.494 e. The molecule has 2 N–H and O–H groups in total. The van der Waals surface area contributed by atoms with E-state index in [-0.39, 0.29) is 12.5 Å².